The molecule has 0 atom stereocenters. The van der Waals surface area contributed by atoms with E-state index in [9.17, 15) is 4.79 Å². The van der Waals surface area contributed by atoms with Crippen LogP contribution in [0.5, 0.6) is 0 Å². The number of carbonyl (C=O) groups is 1. The molecule has 0 unspecified atom stereocenters. The number of carbonyl (C=O) groups excluding carboxylic acids is 1. The first-order valence-electron chi connectivity index (χ1n) is 5.49. The topological polar surface area (TPSA) is 72.3 Å². The van der Waals surface area contributed by atoms with Crippen LogP contribution < -0.4 is 16.4 Å². The fraction of sp³-hybridized carbons (Fsp3) is 0.417. The quantitative estimate of drug-likeness (QED) is 0.838. The molecule has 0 aliphatic heterocycles. The molecular weight excluding hydrogens is 238 g/mol. The normalized spacial score (nSPS) is 10.6. The molecule has 1 amide bonds. The van der Waals surface area contributed by atoms with Gasteiger partial charge < -0.3 is 16.4 Å². The molecule has 0 radical (unpaired) electrons. The first-order chi connectivity index (χ1) is 7.95. The van der Waals surface area contributed by atoms with Crippen LogP contribution in [-0.2, 0) is 11.3 Å². The summed E-state index contributed by atoms with van der Waals surface area (Å²) in [5.74, 6) is -0.377. The smallest absolute Gasteiger partial charge is 0.236 e. The zero-order chi connectivity index (χ0) is 13.0. The highest BCUT2D eigenvalue weighted by molar-refractivity contribution is 6.33. The molecule has 0 bridgehead atoms. The number of halogens is 1. The molecule has 0 heterocycles. The average Bonchev–Trinajstić information content (AvgIpc) is 2.25. The fourth-order valence-electron chi connectivity index (χ4n) is 1.62. The lowest BCUT2D eigenvalue weighted by Crippen LogP contribution is -2.38. The minimum absolute atomic E-state index is 0.142. The third-order valence-electron chi connectivity index (χ3n) is 2.51. The summed E-state index contributed by atoms with van der Waals surface area (Å²) in [6, 6.07) is 5.72. The van der Waals surface area contributed by atoms with Crippen LogP contribution in [0, 0.1) is 0 Å². The van der Waals surface area contributed by atoms with E-state index in [1.165, 1.54) is 0 Å². The van der Waals surface area contributed by atoms with Crippen molar-refractivity contribution in [1.82, 2.24) is 0 Å². The Morgan fingerprint density at radius 3 is 2.53 bits per heavy atom. The van der Waals surface area contributed by atoms with Gasteiger partial charge in [0.05, 0.1) is 17.3 Å². The third kappa shape index (κ3) is 3.61. The Kier molecular flexibility index (Phi) is 4.78. The molecular formula is C12H18ClN3O. The Morgan fingerprint density at radius 1 is 1.47 bits per heavy atom. The summed E-state index contributed by atoms with van der Waals surface area (Å²) in [6.45, 7) is 4.56. The van der Waals surface area contributed by atoms with Gasteiger partial charge in [0.2, 0.25) is 5.91 Å². The Morgan fingerprint density at radius 2 is 2.12 bits per heavy atom. The molecule has 0 spiro atoms. The van der Waals surface area contributed by atoms with Gasteiger partial charge in [-0.2, -0.15) is 0 Å². The maximum atomic E-state index is 11.0. The van der Waals surface area contributed by atoms with Gasteiger partial charge in [0, 0.05) is 12.6 Å². The monoisotopic (exact) mass is 255 g/mol. The maximum absolute atomic E-state index is 11.0. The second-order valence-corrected chi connectivity index (χ2v) is 4.59. The fourth-order valence-corrected chi connectivity index (χ4v) is 1.94. The summed E-state index contributed by atoms with van der Waals surface area (Å²) in [5, 5.41) is 0.586. The number of hydrogen-bond donors (Lipinski definition) is 2. The van der Waals surface area contributed by atoms with Gasteiger partial charge in [0.15, 0.2) is 0 Å². The summed E-state index contributed by atoms with van der Waals surface area (Å²) in [7, 11) is 0. The van der Waals surface area contributed by atoms with Crippen molar-refractivity contribution in [3.63, 3.8) is 0 Å². The SMILES string of the molecule is CC(C)N(CC(N)=O)c1ccc(CN)cc1Cl. The molecule has 0 aromatic heterocycles. The molecule has 17 heavy (non-hydrogen) atoms. The van der Waals surface area contributed by atoms with Crippen molar-refractivity contribution in [2.75, 3.05) is 11.4 Å². The van der Waals surface area contributed by atoms with Gasteiger partial charge in [0.1, 0.15) is 0 Å². The van der Waals surface area contributed by atoms with E-state index in [1.807, 2.05) is 36.9 Å². The van der Waals surface area contributed by atoms with Gasteiger partial charge in [-0.05, 0) is 31.5 Å². The van der Waals surface area contributed by atoms with Crippen LogP contribution in [0.4, 0.5) is 5.69 Å². The summed E-state index contributed by atoms with van der Waals surface area (Å²) in [6.07, 6.45) is 0. The molecule has 94 valence electrons. The van der Waals surface area contributed by atoms with Crippen LogP contribution in [0.1, 0.15) is 19.4 Å². The summed E-state index contributed by atoms with van der Waals surface area (Å²) in [4.78, 5) is 12.9. The standard InChI is InChI=1S/C12H18ClN3O/c1-8(2)16(7-12(15)17)11-4-3-9(6-14)5-10(11)13/h3-5,8H,6-7,14H2,1-2H3,(H2,15,17). The molecule has 0 saturated carbocycles. The predicted octanol–water partition coefficient (Wildman–Crippen LogP) is 1.50. The molecule has 1 aromatic carbocycles. The zero-order valence-electron chi connectivity index (χ0n) is 10.1. The second kappa shape index (κ2) is 5.89. The number of benzene rings is 1. The lowest BCUT2D eigenvalue weighted by atomic mass is 10.1. The van der Waals surface area contributed by atoms with Crippen molar-refractivity contribution in [2.24, 2.45) is 11.5 Å². The zero-order valence-corrected chi connectivity index (χ0v) is 10.9. The molecule has 1 rings (SSSR count). The number of hydrogen-bond acceptors (Lipinski definition) is 3. The minimum Gasteiger partial charge on any atom is -0.368 e. The van der Waals surface area contributed by atoms with Gasteiger partial charge in [0.25, 0.3) is 0 Å². The van der Waals surface area contributed by atoms with Gasteiger partial charge in [-0.25, -0.2) is 0 Å². The molecule has 0 fully saturated rings. The largest absolute Gasteiger partial charge is 0.368 e. The highest BCUT2D eigenvalue weighted by Gasteiger charge is 2.16. The van der Waals surface area contributed by atoms with Crippen LogP contribution >= 0.6 is 11.6 Å². The van der Waals surface area contributed by atoms with Gasteiger partial charge >= 0.3 is 0 Å². The Balaban J connectivity index is 3.06. The molecule has 0 aliphatic rings. The summed E-state index contributed by atoms with van der Waals surface area (Å²) in [5.41, 5.74) is 12.5. The second-order valence-electron chi connectivity index (χ2n) is 4.18. The lowest BCUT2D eigenvalue weighted by Gasteiger charge is -2.28. The van der Waals surface area contributed by atoms with Crippen LogP contribution in [0.3, 0.4) is 0 Å². The van der Waals surface area contributed by atoms with Crippen molar-refractivity contribution in [2.45, 2.75) is 26.4 Å². The molecule has 1 aromatic rings. The first kappa shape index (κ1) is 13.8. The van der Waals surface area contributed by atoms with E-state index in [-0.39, 0.29) is 18.5 Å². The van der Waals surface area contributed by atoms with Crippen LogP contribution in [0.25, 0.3) is 0 Å². The number of rotatable bonds is 5. The number of nitrogens with zero attached hydrogens (tertiary/aromatic N) is 1. The lowest BCUT2D eigenvalue weighted by molar-refractivity contribution is -0.116. The van der Waals surface area contributed by atoms with Crippen LogP contribution in [0.15, 0.2) is 18.2 Å². The van der Waals surface area contributed by atoms with E-state index < -0.39 is 0 Å². The number of primary amides is 1. The minimum atomic E-state index is -0.377. The van der Waals surface area contributed by atoms with Crippen LogP contribution in [0.2, 0.25) is 5.02 Å². The predicted molar refractivity (Wildman–Crippen MR) is 71.0 cm³/mol. The van der Waals surface area contributed by atoms with Gasteiger partial charge in [-0.3, -0.25) is 4.79 Å². The van der Waals surface area contributed by atoms with E-state index in [0.717, 1.165) is 11.3 Å². The highest BCUT2D eigenvalue weighted by Crippen LogP contribution is 2.28. The van der Waals surface area contributed by atoms with E-state index in [0.29, 0.717) is 11.6 Å². The molecule has 0 saturated heterocycles. The molecule has 4 nitrogen and oxygen atoms in total. The van der Waals surface area contributed by atoms with Crippen molar-refractivity contribution in [1.29, 1.82) is 0 Å². The third-order valence-corrected chi connectivity index (χ3v) is 2.81. The molecule has 0 aliphatic carbocycles. The van der Waals surface area contributed by atoms with Crippen molar-refractivity contribution >= 4 is 23.2 Å². The average molecular weight is 256 g/mol. The number of anilines is 1. The van der Waals surface area contributed by atoms with Crippen molar-refractivity contribution < 1.29 is 4.79 Å². The van der Waals surface area contributed by atoms with Gasteiger partial charge in [-0.15, -0.1) is 0 Å². The Hall–Kier alpha value is -1.26. The van der Waals surface area contributed by atoms with E-state index >= 15 is 0 Å². The van der Waals surface area contributed by atoms with E-state index in [1.54, 1.807) is 0 Å². The molecule has 4 N–H and O–H groups in total. The number of nitrogens with two attached hydrogens (primary N) is 2. The van der Waals surface area contributed by atoms with Crippen LogP contribution in [-0.4, -0.2) is 18.5 Å². The Bertz CT molecular complexity index is 407. The van der Waals surface area contributed by atoms with E-state index in [2.05, 4.69) is 0 Å². The first-order valence-corrected chi connectivity index (χ1v) is 5.87. The number of amides is 1. The summed E-state index contributed by atoms with van der Waals surface area (Å²) >= 11 is 6.18. The summed E-state index contributed by atoms with van der Waals surface area (Å²) < 4.78 is 0. The maximum Gasteiger partial charge on any atom is 0.236 e. The van der Waals surface area contributed by atoms with Crippen molar-refractivity contribution in [3.8, 4) is 0 Å². The highest BCUT2D eigenvalue weighted by atomic mass is 35.5. The van der Waals surface area contributed by atoms with Gasteiger partial charge in [-0.1, -0.05) is 17.7 Å². The molecule has 5 heteroatoms. The van der Waals surface area contributed by atoms with Crippen molar-refractivity contribution in [3.05, 3.63) is 28.8 Å². The van der Waals surface area contributed by atoms with E-state index in [4.69, 9.17) is 23.1 Å². The Labute approximate surface area is 107 Å².